The van der Waals surface area contributed by atoms with Gasteiger partial charge in [-0.25, -0.2) is 9.97 Å². The van der Waals surface area contributed by atoms with E-state index in [-0.39, 0.29) is 12.1 Å². The number of ether oxygens (including phenoxy) is 1. The maximum absolute atomic E-state index is 5.69. The summed E-state index contributed by atoms with van der Waals surface area (Å²) in [6, 6.07) is 8.33. The van der Waals surface area contributed by atoms with Crippen LogP contribution in [-0.4, -0.2) is 22.6 Å². The minimum Gasteiger partial charge on any atom is -0.491 e. The van der Waals surface area contributed by atoms with E-state index in [1.165, 1.54) is 5.56 Å². The van der Waals surface area contributed by atoms with Gasteiger partial charge >= 0.3 is 0 Å². The smallest absolute Gasteiger partial charge is 0.119 e. The molecule has 0 saturated heterocycles. The minimum absolute atomic E-state index is 0.110. The fourth-order valence-electron chi connectivity index (χ4n) is 2.19. The predicted molar refractivity (Wildman–Crippen MR) is 84.4 cm³/mol. The SMILES string of the molecule is CCCNC(c1ccc(OC(C)C)cc1)c1cncnc1. The molecular formula is C17H23N3O. The topological polar surface area (TPSA) is 47.0 Å². The first-order valence-corrected chi connectivity index (χ1v) is 7.45. The van der Waals surface area contributed by atoms with Gasteiger partial charge in [0.2, 0.25) is 0 Å². The van der Waals surface area contributed by atoms with Crippen LogP contribution in [0.3, 0.4) is 0 Å². The van der Waals surface area contributed by atoms with Crippen molar-refractivity contribution in [3.8, 4) is 5.75 Å². The van der Waals surface area contributed by atoms with Gasteiger partial charge in [-0.1, -0.05) is 19.1 Å². The largest absolute Gasteiger partial charge is 0.491 e. The van der Waals surface area contributed by atoms with Gasteiger partial charge in [-0.15, -0.1) is 0 Å². The van der Waals surface area contributed by atoms with E-state index in [0.29, 0.717) is 0 Å². The third-order valence-corrected chi connectivity index (χ3v) is 3.10. The number of nitrogens with zero attached hydrogens (tertiary/aromatic N) is 2. The molecule has 0 aliphatic carbocycles. The molecule has 21 heavy (non-hydrogen) atoms. The molecule has 1 heterocycles. The van der Waals surface area contributed by atoms with Crippen molar-refractivity contribution in [2.75, 3.05) is 6.54 Å². The van der Waals surface area contributed by atoms with Crippen LogP contribution in [-0.2, 0) is 0 Å². The van der Waals surface area contributed by atoms with Crippen LogP contribution < -0.4 is 10.1 Å². The highest BCUT2D eigenvalue weighted by Crippen LogP contribution is 2.23. The predicted octanol–water partition coefficient (Wildman–Crippen LogP) is 3.35. The Morgan fingerprint density at radius 3 is 2.29 bits per heavy atom. The summed E-state index contributed by atoms with van der Waals surface area (Å²) in [5.74, 6) is 0.896. The number of aromatic nitrogens is 2. The Hall–Kier alpha value is -1.94. The van der Waals surface area contributed by atoms with Gasteiger partial charge in [0.05, 0.1) is 12.1 Å². The quantitative estimate of drug-likeness (QED) is 0.847. The molecule has 1 aromatic carbocycles. The molecule has 4 heteroatoms. The Bertz CT molecular complexity index is 525. The van der Waals surface area contributed by atoms with Gasteiger partial charge in [0, 0.05) is 18.0 Å². The standard InChI is InChI=1S/C17H23N3O/c1-4-9-20-17(15-10-18-12-19-11-15)14-5-7-16(8-6-14)21-13(2)3/h5-8,10-13,17,20H,4,9H2,1-3H3. The molecule has 4 nitrogen and oxygen atoms in total. The Morgan fingerprint density at radius 1 is 1.05 bits per heavy atom. The molecule has 0 fully saturated rings. The average molecular weight is 285 g/mol. The Morgan fingerprint density at radius 2 is 1.71 bits per heavy atom. The first-order valence-electron chi connectivity index (χ1n) is 7.45. The summed E-state index contributed by atoms with van der Waals surface area (Å²) >= 11 is 0. The number of hydrogen-bond donors (Lipinski definition) is 1. The van der Waals surface area contributed by atoms with Gasteiger partial charge < -0.3 is 10.1 Å². The zero-order chi connectivity index (χ0) is 15.1. The first-order chi connectivity index (χ1) is 10.2. The van der Waals surface area contributed by atoms with Crippen LogP contribution in [0.25, 0.3) is 0 Å². The summed E-state index contributed by atoms with van der Waals surface area (Å²) in [5.41, 5.74) is 2.26. The Kier molecular flexibility index (Phi) is 5.69. The molecule has 1 unspecified atom stereocenters. The molecule has 2 aromatic rings. The van der Waals surface area contributed by atoms with E-state index in [9.17, 15) is 0 Å². The summed E-state index contributed by atoms with van der Waals surface area (Å²) in [6.07, 6.45) is 6.54. The minimum atomic E-state index is 0.110. The van der Waals surface area contributed by atoms with Gasteiger partial charge in [-0.05, 0) is 44.5 Å². The second-order valence-corrected chi connectivity index (χ2v) is 5.29. The van der Waals surface area contributed by atoms with Crippen molar-refractivity contribution < 1.29 is 4.74 Å². The highest BCUT2D eigenvalue weighted by Gasteiger charge is 2.14. The maximum atomic E-state index is 5.69. The van der Waals surface area contributed by atoms with Gasteiger partial charge in [0.25, 0.3) is 0 Å². The molecule has 1 atom stereocenters. The molecule has 0 spiro atoms. The zero-order valence-corrected chi connectivity index (χ0v) is 12.9. The number of benzene rings is 1. The van der Waals surface area contributed by atoms with E-state index in [1.807, 2.05) is 38.4 Å². The van der Waals surface area contributed by atoms with Crippen molar-refractivity contribution in [1.82, 2.24) is 15.3 Å². The second kappa shape index (κ2) is 7.74. The monoisotopic (exact) mass is 285 g/mol. The Balaban J connectivity index is 2.20. The molecule has 2 rings (SSSR count). The van der Waals surface area contributed by atoms with E-state index in [4.69, 9.17) is 4.74 Å². The van der Waals surface area contributed by atoms with Crippen LogP contribution in [0.5, 0.6) is 5.75 Å². The van der Waals surface area contributed by atoms with E-state index >= 15 is 0 Å². The summed E-state index contributed by atoms with van der Waals surface area (Å²) in [5, 5.41) is 3.54. The van der Waals surface area contributed by atoms with Gasteiger partial charge in [0.15, 0.2) is 0 Å². The summed E-state index contributed by atoms with van der Waals surface area (Å²) in [7, 11) is 0. The fourth-order valence-corrected chi connectivity index (χ4v) is 2.19. The van der Waals surface area contributed by atoms with Crippen LogP contribution in [0, 0.1) is 0 Å². The van der Waals surface area contributed by atoms with Crippen LogP contribution >= 0.6 is 0 Å². The van der Waals surface area contributed by atoms with Gasteiger partial charge in [-0.3, -0.25) is 0 Å². The molecular weight excluding hydrogens is 262 g/mol. The van der Waals surface area contributed by atoms with Crippen molar-refractivity contribution in [3.05, 3.63) is 54.1 Å². The molecule has 0 aliphatic heterocycles. The molecule has 0 aliphatic rings. The molecule has 0 bridgehead atoms. The first kappa shape index (κ1) is 15.4. The lowest BCUT2D eigenvalue weighted by Gasteiger charge is -2.19. The van der Waals surface area contributed by atoms with E-state index in [1.54, 1.807) is 6.33 Å². The van der Waals surface area contributed by atoms with Gasteiger partial charge in [0.1, 0.15) is 12.1 Å². The van der Waals surface area contributed by atoms with Crippen molar-refractivity contribution in [2.24, 2.45) is 0 Å². The lowest BCUT2D eigenvalue weighted by molar-refractivity contribution is 0.242. The molecule has 0 amide bonds. The summed E-state index contributed by atoms with van der Waals surface area (Å²) < 4.78 is 5.69. The lowest BCUT2D eigenvalue weighted by atomic mass is 10.0. The molecule has 1 aromatic heterocycles. The Labute approximate surface area is 126 Å². The molecule has 0 radical (unpaired) electrons. The molecule has 112 valence electrons. The summed E-state index contributed by atoms with van der Waals surface area (Å²) in [4.78, 5) is 8.24. The van der Waals surface area contributed by atoms with E-state index in [2.05, 4.69) is 34.3 Å². The van der Waals surface area contributed by atoms with Crippen LogP contribution in [0.4, 0.5) is 0 Å². The van der Waals surface area contributed by atoms with Gasteiger partial charge in [-0.2, -0.15) is 0 Å². The van der Waals surface area contributed by atoms with Crippen molar-refractivity contribution >= 4 is 0 Å². The molecule has 1 N–H and O–H groups in total. The summed E-state index contributed by atoms with van der Waals surface area (Å²) in [6.45, 7) is 7.16. The van der Waals surface area contributed by atoms with Crippen molar-refractivity contribution in [3.63, 3.8) is 0 Å². The lowest BCUT2D eigenvalue weighted by Crippen LogP contribution is -2.23. The maximum Gasteiger partial charge on any atom is 0.119 e. The van der Waals surface area contributed by atoms with Crippen molar-refractivity contribution in [2.45, 2.75) is 39.3 Å². The highest BCUT2D eigenvalue weighted by molar-refractivity contribution is 5.34. The zero-order valence-electron chi connectivity index (χ0n) is 12.9. The average Bonchev–Trinajstić information content (AvgIpc) is 2.50. The third-order valence-electron chi connectivity index (χ3n) is 3.10. The fraction of sp³-hybridized carbons (Fsp3) is 0.412. The van der Waals surface area contributed by atoms with Crippen LogP contribution in [0.2, 0.25) is 0 Å². The van der Waals surface area contributed by atoms with E-state index in [0.717, 1.165) is 24.3 Å². The number of hydrogen-bond acceptors (Lipinski definition) is 4. The van der Waals surface area contributed by atoms with Crippen molar-refractivity contribution in [1.29, 1.82) is 0 Å². The molecule has 0 saturated carbocycles. The number of nitrogens with one attached hydrogen (secondary N) is 1. The second-order valence-electron chi connectivity index (χ2n) is 5.29. The van der Waals surface area contributed by atoms with Crippen LogP contribution in [0.15, 0.2) is 43.0 Å². The normalized spacial score (nSPS) is 12.4. The van der Waals surface area contributed by atoms with Crippen LogP contribution in [0.1, 0.15) is 44.4 Å². The third kappa shape index (κ3) is 4.53. The highest BCUT2D eigenvalue weighted by atomic mass is 16.5. The van der Waals surface area contributed by atoms with E-state index < -0.39 is 0 Å². The number of rotatable bonds is 7.